The summed E-state index contributed by atoms with van der Waals surface area (Å²) in [7, 11) is 0. The van der Waals surface area contributed by atoms with Crippen LogP contribution in [0.1, 0.15) is 30.9 Å². The van der Waals surface area contributed by atoms with Crippen molar-refractivity contribution in [1.29, 1.82) is 5.26 Å². The van der Waals surface area contributed by atoms with Crippen molar-refractivity contribution >= 4 is 15.9 Å². The Morgan fingerprint density at radius 1 is 1.42 bits per heavy atom. The van der Waals surface area contributed by atoms with Crippen LogP contribution in [0.25, 0.3) is 0 Å². The maximum Gasteiger partial charge on any atom is 0.100 e. The first-order chi connectivity index (χ1) is 5.65. The van der Waals surface area contributed by atoms with E-state index in [1.165, 1.54) is 5.56 Å². The molecule has 1 rings (SSSR count). The van der Waals surface area contributed by atoms with Crippen LogP contribution in [0.4, 0.5) is 0 Å². The Bertz CT molecular complexity index is 323. The van der Waals surface area contributed by atoms with Gasteiger partial charge in [0.25, 0.3) is 0 Å². The SMILES string of the molecule is CC(C)c1ccc(Br)c(C#N)c1. The predicted octanol–water partition coefficient (Wildman–Crippen LogP) is 3.44. The lowest BCUT2D eigenvalue weighted by atomic mass is 10.0. The van der Waals surface area contributed by atoms with Crippen molar-refractivity contribution in [3.05, 3.63) is 33.8 Å². The van der Waals surface area contributed by atoms with Gasteiger partial charge in [-0.25, -0.2) is 0 Å². The predicted molar refractivity (Wildman–Crippen MR) is 52.9 cm³/mol. The lowest BCUT2D eigenvalue weighted by molar-refractivity contribution is 0.865. The smallest absolute Gasteiger partial charge is 0.100 e. The quantitative estimate of drug-likeness (QED) is 0.716. The minimum Gasteiger partial charge on any atom is -0.192 e. The molecule has 1 aromatic rings. The molecule has 0 N–H and O–H groups in total. The molecule has 0 radical (unpaired) electrons. The van der Waals surface area contributed by atoms with Crippen molar-refractivity contribution in [1.82, 2.24) is 0 Å². The molecule has 0 heterocycles. The second-order valence-corrected chi connectivity index (χ2v) is 3.86. The molecule has 62 valence electrons. The lowest BCUT2D eigenvalue weighted by Gasteiger charge is -2.05. The summed E-state index contributed by atoms with van der Waals surface area (Å²) in [5, 5.41) is 8.74. The third kappa shape index (κ3) is 1.86. The van der Waals surface area contributed by atoms with Crippen LogP contribution in [0.5, 0.6) is 0 Å². The topological polar surface area (TPSA) is 23.8 Å². The summed E-state index contributed by atoms with van der Waals surface area (Å²) in [5.41, 5.74) is 1.91. The van der Waals surface area contributed by atoms with Crippen LogP contribution in [0.15, 0.2) is 22.7 Å². The fourth-order valence-electron chi connectivity index (χ4n) is 0.988. The van der Waals surface area contributed by atoms with Gasteiger partial charge in [-0.3, -0.25) is 0 Å². The number of nitrogens with zero attached hydrogens (tertiary/aromatic N) is 1. The Labute approximate surface area is 81.2 Å². The second kappa shape index (κ2) is 3.73. The van der Waals surface area contributed by atoms with Crippen LogP contribution in [-0.2, 0) is 0 Å². The molecule has 0 bridgehead atoms. The van der Waals surface area contributed by atoms with Gasteiger partial charge in [0.05, 0.1) is 5.56 Å². The molecule has 2 heteroatoms. The highest BCUT2D eigenvalue weighted by Gasteiger charge is 2.02. The van der Waals surface area contributed by atoms with E-state index in [0.29, 0.717) is 11.5 Å². The van der Waals surface area contributed by atoms with E-state index in [-0.39, 0.29) is 0 Å². The van der Waals surface area contributed by atoms with Gasteiger partial charge in [-0.15, -0.1) is 0 Å². The van der Waals surface area contributed by atoms with E-state index < -0.39 is 0 Å². The molecular weight excluding hydrogens is 214 g/mol. The number of hydrogen-bond acceptors (Lipinski definition) is 1. The molecule has 0 saturated heterocycles. The first-order valence-corrected chi connectivity index (χ1v) is 4.64. The van der Waals surface area contributed by atoms with Crippen molar-refractivity contribution in [3.8, 4) is 6.07 Å². The minimum absolute atomic E-state index is 0.477. The van der Waals surface area contributed by atoms with Gasteiger partial charge < -0.3 is 0 Å². The zero-order chi connectivity index (χ0) is 9.14. The molecule has 0 aliphatic rings. The first kappa shape index (κ1) is 9.28. The molecule has 0 aromatic heterocycles. The monoisotopic (exact) mass is 223 g/mol. The fraction of sp³-hybridized carbons (Fsp3) is 0.300. The van der Waals surface area contributed by atoms with E-state index in [2.05, 4.69) is 35.8 Å². The van der Waals surface area contributed by atoms with Crippen LogP contribution in [0, 0.1) is 11.3 Å². The molecule has 0 aliphatic heterocycles. The summed E-state index contributed by atoms with van der Waals surface area (Å²) in [4.78, 5) is 0. The molecule has 0 atom stereocenters. The maximum atomic E-state index is 8.74. The van der Waals surface area contributed by atoms with E-state index >= 15 is 0 Å². The highest BCUT2D eigenvalue weighted by atomic mass is 79.9. The average Bonchev–Trinajstić information content (AvgIpc) is 2.05. The van der Waals surface area contributed by atoms with E-state index in [1.807, 2.05) is 18.2 Å². The fourth-order valence-corrected chi connectivity index (χ4v) is 1.32. The molecule has 1 nitrogen and oxygen atoms in total. The highest BCUT2D eigenvalue weighted by molar-refractivity contribution is 9.10. The van der Waals surface area contributed by atoms with Crippen LogP contribution < -0.4 is 0 Å². The average molecular weight is 224 g/mol. The number of nitriles is 1. The van der Waals surface area contributed by atoms with Gasteiger partial charge in [0, 0.05) is 4.47 Å². The second-order valence-electron chi connectivity index (χ2n) is 3.01. The maximum absolute atomic E-state index is 8.74. The normalized spacial score (nSPS) is 9.92. The zero-order valence-electron chi connectivity index (χ0n) is 7.13. The summed E-state index contributed by atoms with van der Waals surface area (Å²) in [6.07, 6.45) is 0. The van der Waals surface area contributed by atoms with Crippen LogP contribution >= 0.6 is 15.9 Å². The third-order valence-corrected chi connectivity index (χ3v) is 2.47. The standard InChI is InChI=1S/C10H10BrN/c1-7(2)8-3-4-10(11)9(5-8)6-12/h3-5,7H,1-2H3. The lowest BCUT2D eigenvalue weighted by Crippen LogP contribution is -1.88. The Hall–Kier alpha value is -0.810. The summed E-state index contributed by atoms with van der Waals surface area (Å²) >= 11 is 3.32. The third-order valence-electron chi connectivity index (χ3n) is 1.78. The van der Waals surface area contributed by atoms with Gasteiger partial charge in [0.2, 0.25) is 0 Å². The molecule has 0 spiro atoms. The first-order valence-electron chi connectivity index (χ1n) is 3.84. The number of benzene rings is 1. The number of hydrogen-bond donors (Lipinski definition) is 0. The van der Waals surface area contributed by atoms with Crippen molar-refractivity contribution in [2.45, 2.75) is 19.8 Å². The molecule has 0 unspecified atom stereocenters. The zero-order valence-corrected chi connectivity index (χ0v) is 8.72. The molecular formula is C10H10BrN. The summed E-state index contributed by atoms with van der Waals surface area (Å²) < 4.78 is 0.870. The van der Waals surface area contributed by atoms with E-state index in [4.69, 9.17) is 5.26 Å². The Morgan fingerprint density at radius 3 is 2.58 bits per heavy atom. The van der Waals surface area contributed by atoms with Crippen LogP contribution in [-0.4, -0.2) is 0 Å². The van der Waals surface area contributed by atoms with Gasteiger partial charge in [0.15, 0.2) is 0 Å². The largest absolute Gasteiger partial charge is 0.192 e. The summed E-state index contributed by atoms with van der Waals surface area (Å²) in [6, 6.07) is 8.03. The van der Waals surface area contributed by atoms with Gasteiger partial charge in [-0.1, -0.05) is 19.9 Å². The number of halogens is 1. The van der Waals surface area contributed by atoms with Crippen molar-refractivity contribution in [2.75, 3.05) is 0 Å². The Kier molecular flexibility index (Phi) is 2.88. The molecule has 0 aliphatic carbocycles. The summed E-state index contributed by atoms with van der Waals surface area (Å²) in [5.74, 6) is 0.477. The van der Waals surface area contributed by atoms with Gasteiger partial charge in [-0.05, 0) is 39.5 Å². The van der Waals surface area contributed by atoms with E-state index in [0.717, 1.165) is 4.47 Å². The molecule has 1 aromatic carbocycles. The molecule has 0 amide bonds. The van der Waals surface area contributed by atoms with Gasteiger partial charge in [-0.2, -0.15) is 5.26 Å². The van der Waals surface area contributed by atoms with Crippen LogP contribution in [0.3, 0.4) is 0 Å². The van der Waals surface area contributed by atoms with Crippen molar-refractivity contribution in [2.24, 2.45) is 0 Å². The molecule has 0 saturated carbocycles. The highest BCUT2D eigenvalue weighted by Crippen LogP contribution is 2.21. The minimum atomic E-state index is 0.477. The molecule has 12 heavy (non-hydrogen) atoms. The van der Waals surface area contributed by atoms with Crippen molar-refractivity contribution in [3.63, 3.8) is 0 Å². The van der Waals surface area contributed by atoms with Gasteiger partial charge >= 0.3 is 0 Å². The number of rotatable bonds is 1. The Balaban J connectivity index is 3.16. The van der Waals surface area contributed by atoms with E-state index in [9.17, 15) is 0 Å². The van der Waals surface area contributed by atoms with Crippen molar-refractivity contribution < 1.29 is 0 Å². The van der Waals surface area contributed by atoms with E-state index in [1.54, 1.807) is 0 Å². The summed E-state index contributed by atoms with van der Waals surface area (Å²) in [6.45, 7) is 4.23. The molecule has 0 fully saturated rings. The van der Waals surface area contributed by atoms with Crippen LogP contribution in [0.2, 0.25) is 0 Å². The Morgan fingerprint density at radius 2 is 2.08 bits per heavy atom. The van der Waals surface area contributed by atoms with Gasteiger partial charge in [0.1, 0.15) is 6.07 Å².